The van der Waals surface area contributed by atoms with E-state index in [1.54, 1.807) is 0 Å². The lowest BCUT2D eigenvalue weighted by Crippen LogP contribution is -2.43. The molecule has 1 saturated heterocycles. The molecule has 86 valence electrons. The van der Waals surface area contributed by atoms with Gasteiger partial charge >= 0.3 is 0 Å². The minimum atomic E-state index is 0.354. The predicted molar refractivity (Wildman–Crippen MR) is 65.3 cm³/mol. The number of hydrogen-bond acceptors (Lipinski definition) is 3. The van der Waals surface area contributed by atoms with Gasteiger partial charge in [-0.15, -0.1) is 0 Å². The fourth-order valence-corrected chi connectivity index (χ4v) is 4.21. The highest BCUT2D eigenvalue weighted by Crippen LogP contribution is 2.28. The number of carbonyl (C=O) groups excluding carboxylic acids is 1. The van der Waals surface area contributed by atoms with Gasteiger partial charge in [0.25, 0.3) is 0 Å². The molecule has 1 aliphatic carbocycles. The Morgan fingerprint density at radius 3 is 2.53 bits per heavy atom. The van der Waals surface area contributed by atoms with Gasteiger partial charge in [0.1, 0.15) is 5.78 Å². The number of ketones is 1. The third-order valence-corrected chi connectivity index (χ3v) is 4.63. The SMILES string of the molecule is CC1CN(CC2CCCC2=O)CC(C)S1. The van der Waals surface area contributed by atoms with E-state index in [4.69, 9.17) is 0 Å². The largest absolute Gasteiger partial charge is 0.300 e. The van der Waals surface area contributed by atoms with Crippen LogP contribution >= 0.6 is 11.8 Å². The molecule has 0 bridgehead atoms. The zero-order chi connectivity index (χ0) is 10.8. The van der Waals surface area contributed by atoms with Crippen molar-refractivity contribution < 1.29 is 4.79 Å². The molecule has 2 fully saturated rings. The van der Waals surface area contributed by atoms with Gasteiger partial charge in [0, 0.05) is 42.5 Å². The highest BCUT2D eigenvalue weighted by molar-refractivity contribution is 8.00. The second-order valence-corrected chi connectivity index (χ2v) is 6.91. The van der Waals surface area contributed by atoms with Gasteiger partial charge in [-0.2, -0.15) is 11.8 Å². The number of thioether (sulfide) groups is 1. The molecular weight excluding hydrogens is 206 g/mol. The molecule has 3 atom stereocenters. The average Bonchev–Trinajstić information content (AvgIpc) is 2.50. The van der Waals surface area contributed by atoms with Crippen molar-refractivity contribution in [3.05, 3.63) is 0 Å². The molecule has 0 amide bonds. The van der Waals surface area contributed by atoms with E-state index in [1.165, 1.54) is 13.1 Å². The normalized spacial score (nSPS) is 38.5. The van der Waals surface area contributed by atoms with Gasteiger partial charge in [-0.3, -0.25) is 4.79 Å². The Kier molecular flexibility index (Phi) is 3.73. The molecule has 15 heavy (non-hydrogen) atoms. The smallest absolute Gasteiger partial charge is 0.137 e. The Balaban J connectivity index is 1.85. The molecule has 1 saturated carbocycles. The lowest BCUT2D eigenvalue weighted by atomic mass is 10.1. The summed E-state index contributed by atoms with van der Waals surface area (Å²) in [7, 11) is 0. The molecule has 3 heteroatoms. The molecule has 0 aromatic carbocycles. The van der Waals surface area contributed by atoms with Crippen molar-refractivity contribution >= 4 is 17.5 Å². The van der Waals surface area contributed by atoms with Crippen LogP contribution in [0.1, 0.15) is 33.1 Å². The van der Waals surface area contributed by atoms with Gasteiger partial charge < -0.3 is 4.90 Å². The molecule has 0 aromatic rings. The van der Waals surface area contributed by atoms with Crippen LogP contribution in [0.25, 0.3) is 0 Å². The lowest BCUT2D eigenvalue weighted by Gasteiger charge is -2.35. The Morgan fingerprint density at radius 2 is 2.00 bits per heavy atom. The van der Waals surface area contributed by atoms with Crippen LogP contribution < -0.4 is 0 Å². The van der Waals surface area contributed by atoms with Crippen LogP contribution in [0.4, 0.5) is 0 Å². The zero-order valence-electron chi connectivity index (χ0n) is 9.74. The Bertz CT molecular complexity index is 234. The zero-order valence-corrected chi connectivity index (χ0v) is 10.6. The molecule has 1 heterocycles. The van der Waals surface area contributed by atoms with E-state index >= 15 is 0 Å². The fourth-order valence-electron chi connectivity index (χ4n) is 2.83. The Labute approximate surface area is 96.8 Å². The van der Waals surface area contributed by atoms with Gasteiger partial charge in [-0.1, -0.05) is 13.8 Å². The summed E-state index contributed by atoms with van der Waals surface area (Å²) < 4.78 is 0. The maximum absolute atomic E-state index is 11.6. The number of carbonyl (C=O) groups is 1. The summed E-state index contributed by atoms with van der Waals surface area (Å²) in [5, 5.41) is 1.45. The van der Waals surface area contributed by atoms with E-state index in [9.17, 15) is 4.79 Å². The van der Waals surface area contributed by atoms with Crippen molar-refractivity contribution in [3.63, 3.8) is 0 Å². The number of nitrogens with zero attached hydrogens (tertiary/aromatic N) is 1. The minimum Gasteiger partial charge on any atom is -0.300 e. The summed E-state index contributed by atoms with van der Waals surface area (Å²) >= 11 is 2.08. The third-order valence-electron chi connectivity index (χ3n) is 3.40. The first-order chi connectivity index (χ1) is 7.15. The maximum Gasteiger partial charge on any atom is 0.137 e. The monoisotopic (exact) mass is 227 g/mol. The Morgan fingerprint density at radius 1 is 1.33 bits per heavy atom. The van der Waals surface area contributed by atoms with Crippen LogP contribution in [-0.4, -0.2) is 40.8 Å². The molecular formula is C12H21NOS. The van der Waals surface area contributed by atoms with Crippen LogP contribution in [0.2, 0.25) is 0 Å². The van der Waals surface area contributed by atoms with Crippen molar-refractivity contribution in [2.45, 2.75) is 43.6 Å². The van der Waals surface area contributed by atoms with E-state index in [0.29, 0.717) is 11.7 Å². The first-order valence-corrected chi connectivity index (χ1v) is 7.00. The van der Waals surface area contributed by atoms with Gasteiger partial charge in [-0.05, 0) is 12.8 Å². The van der Waals surface area contributed by atoms with Crippen molar-refractivity contribution in [1.29, 1.82) is 0 Å². The average molecular weight is 227 g/mol. The van der Waals surface area contributed by atoms with E-state index in [-0.39, 0.29) is 0 Å². The molecule has 0 spiro atoms. The summed E-state index contributed by atoms with van der Waals surface area (Å²) in [6.07, 6.45) is 3.08. The molecule has 1 aliphatic heterocycles. The maximum atomic E-state index is 11.6. The molecule has 0 aromatic heterocycles. The summed E-state index contributed by atoms with van der Waals surface area (Å²) in [6, 6.07) is 0. The van der Waals surface area contributed by atoms with Crippen LogP contribution in [0.15, 0.2) is 0 Å². The molecule has 2 aliphatic rings. The van der Waals surface area contributed by atoms with E-state index in [0.717, 1.165) is 36.3 Å². The van der Waals surface area contributed by atoms with Gasteiger partial charge in [0.2, 0.25) is 0 Å². The second kappa shape index (κ2) is 4.88. The number of hydrogen-bond donors (Lipinski definition) is 0. The molecule has 2 nitrogen and oxygen atoms in total. The summed E-state index contributed by atoms with van der Waals surface area (Å²) in [5.74, 6) is 0.862. The predicted octanol–water partition coefficient (Wildman–Crippen LogP) is 2.18. The van der Waals surface area contributed by atoms with Crippen molar-refractivity contribution in [2.75, 3.05) is 19.6 Å². The summed E-state index contributed by atoms with van der Waals surface area (Å²) in [4.78, 5) is 14.1. The van der Waals surface area contributed by atoms with Gasteiger partial charge in [0.15, 0.2) is 0 Å². The third kappa shape index (κ3) is 2.97. The summed E-state index contributed by atoms with van der Waals surface area (Å²) in [6.45, 7) is 7.94. The lowest BCUT2D eigenvalue weighted by molar-refractivity contribution is -0.121. The topological polar surface area (TPSA) is 20.3 Å². The molecule has 0 radical (unpaired) electrons. The molecule has 3 unspecified atom stereocenters. The first kappa shape index (κ1) is 11.5. The van der Waals surface area contributed by atoms with Gasteiger partial charge in [-0.25, -0.2) is 0 Å². The van der Waals surface area contributed by atoms with E-state index < -0.39 is 0 Å². The van der Waals surface area contributed by atoms with Gasteiger partial charge in [0.05, 0.1) is 0 Å². The fraction of sp³-hybridized carbons (Fsp3) is 0.917. The van der Waals surface area contributed by atoms with Crippen LogP contribution in [-0.2, 0) is 4.79 Å². The van der Waals surface area contributed by atoms with Crippen LogP contribution in [0, 0.1) is 5.92 Å². The molecule has 2 rings (SSSR count). The van der Waals surface area contributed by atoms with E-state index in [1.807, 2.05) is 0 Å². The van der Waals surface area contributed by atoms with Crippen molar-refractivity contribution in [1.82, 2.24) is 4.90 Å². The highest BCUT2D eigenvalue weighted by atomic mass is 32.2. The van der Waals surface area contributed by atoms with Crippen molar-refractivity contribution in [3.8, 4) is 0 Å². The summed E-state index contributed by atoms with van der Waals surface area (Å²) in [5.41, 5.74) is 0. The minimum absolute atomic E-state index is 0.354. The second-order valence-electron chi connectivity index (χ2n) is 5.03. The standard InChI is InChI=1S/C12H21NOS/c1-9-6-13(7-10(2)15-9)8-11-4-3-5-12(11)14/h9-11H,3-8H2,1-2H3. The number of Topliss-reactive ketones (excluding diaryl/α,β-unsaturated/α-hetero) is 1. The van der Waals surface area contributed by atoms with Crippen LogP contribution in [0.5, 0.6) is 0 Å². The first-order valence-electron chi connectivity index (χ1n) is 6.05. The van der Waals surface area contributed by atoms with Crippen LogP contribution in [0.3, 0.4) is 0 Å². The highest BCUT2D eigenvalue weighted by Gasteiger charge is 2.29. The quantitative estimate of drug-likeness (QED) is 0.721. The van der Waals surface area contributed by atoms with E-state index in [2.05, 4.69) is 30.5 Å². The molecule has 0 N–H and O–H groups in total. The van der Waals surface area contributed by atoms with Crippen molar-refractivity contribution in [2.24, 2.45) is 5.92 Å². The Hall–Kier alpha value is -0.0200. The number of rotatable bonds is 2.